The first-order valence-corrected chi connectivity index (χ1v) is 6.61. The Morgan fingerprint density at radius 3 is 2.83 bits per heavy atom. The number of nitrogens with zero attached hydrogens (tertiary/aromatic N) is 1. The first-order valence-electron chi connectivity index (χ1n) is 6.61. The van der Waals surface area contributed by atoms with Gasteiger partial charge in [0, 0.05) is 6.20 Å². The predicted octanol–water partition coefficient (Wildman–Crippen LogP) is 2.11. The number of rotatable bonds is 3. The number of hydrogen-bond acceptors (Lipinski definition) is 3. The Morgan fingerprint density at radius 2 is 2.22 bits per heavy atom. The summed E-state index contributed by atoms with van der Waals surface area (Å²) in [5, 5.41) is 6.35. The van der Waals surface area contributed by atoms with Crippen LogP contribution in [0.2, 0.25) is 0 Å². The molecule has 1 fully saturated rings. The van der Waals surface area contributed by atoms with Crippen LogP contribution in [-0.2, 0) is 4.79 Å². The molecule has 0 bridgehead atoms. The average molecular weight is 247 g/mol. The molecule has 0 aliphatic carbocycles. The summed E-state index contributed by atoms with van der Waals surface area (Å²) in [6.45, 7) is 5.93. The normalized spacial score (nSPS) is 18.3. The van der Waals surface area contributed by atoms with Gasteiger partial charge in [0.15, 0.2) is 0 Å². The van der Waals surface area contributed by atoms with E-state index in [1.54, 1.807) is 12.4 Å². The number of carbonyl (C=O) groups is 1. The van der Waals surface area contributed by atoms with E-state index in [1.165, 1.54) is 0 Å². The molecule has 4 nitrogen and oxygen atoms in total. The molecule has 1 saturated heterocycles. The number of hydrogen-bond donors (Lipinski definition) is 2. The molecule has 1 amide bonds. The molecule has 18 heavy (non-hydrogen) atoms. The minimum Gasteiger partial charge on any atom is -0.324 e. The largest absolute Gasteiger partial charge is 0.324 e. The van der Waals surface area contributed by atoms with Gasteiger partial charge in [0.1, 0.15) is 0 Å². The van der Waals surface area contributed by atoms with Crippen molar-refractivity contribution in [2.75, 3.05) is 18.4 Å². The van der Waals surface area contributed by atoms with Gasteiger partial charge >= 0.3 is 0 Å². The molecular weight excluding hydrogens is 226 g/mol. The Balaban J connectivity index is 2.13. The number of carbonyl (C=O) groups excluding carboxylic acids is 1. The number of piperidine rings is 1. The third-order valence-electron chi connectivity index (χ3n) is 4.01. The van der Waals surface area contributed by atoms with Gasteiger partial charge in [-0.2, -0.15) is 0 Å². The Bertz CT molecular complexity index is 425. The van der Waals surface area contributed by atoms with Crippen molar-refractivity contribution in [2.45, 2.75) is 33.1 Å². The van der Waals surface area contributed by atoms with Gasteiger partial charge in [0.25, 0.3) is 0 Å². The molecule has 0 saturated carbocycles. The Hall–Kier alpha value is -1.42. The molecule has 1 aromatic heterocycles. The summed E-state index contributed by atoms with van der Waals surface area (Å²) in [5.74, 6) is 0.141. The highest BCUT2D eigenvalue weighted by Crippen LogP contribution is 2.34. The molecular formula is C14H21N3O. The van der Waals surface area contributed by atoms with E-state index in [0.29, 0.717) is 0 Å². The van der Waals surface area contributed by atoms with Crippen molar-refractivity contribution in [2.24, 2.45) is 5.41 Å². The topological polar surface area (TPSA) is 54.0 Å². The summed E-state index contributed by atoms with van der Waals surface area (Å²) in [5.41, 5.74) is 1.67. The lowest BCUT2D eigenvalue weighted by atomic mass is 9.76. The van der Waals surface area contributed by atoms with E-state index in [1.807, 2.05) is 13.0 Å². The third kappa shape index (κ3) is 2.53. The lowest BCUT2D eigenvalue weighted by molar-refractivity contribution is -0.127. The van der Waals surface area contributed by atoms with Crippen molar-refractivity contribution in [1.29, 1.82) is 0 Å². The monoisotopic (exact) mass is 247 g/mol. The maximum atomic E-state index is 12.5. The molecule has 0 spiro atoms. The highest BCUT2D eigenvalue weighted by atomic mass is 16.2. The molecule has 2 heterocycles. The van der Waals surface area contributed by atoms with Gasteiger partial charge < -0.3 is 10.6 Å². The molecule has 1 aliphatic heterocycles. The van der Waals surface area contributed by atoms with Gasteiger partial charge in [-0.25, -0.2) is 0 Å². The van der Waals surface area contributed by atoms with Crippen LogP contribution < -0.4 is 10.6 Å². The average Bonchev–Trinajstić information content (AvgIpc) is 2.42. The minimum atomic E-state index is -0.215. The van der Waals surface area contributed by atoms with Gasteiger partial charge in [-0.1, -0.05) is 6.92 Å². The fourth-order valence-electron chi connectivity index (χ4n) is 2.50. The zero-order valence-electron chi connectivity index (χ0n) is 11.1. The van der Waals surface area contributed by atoms with E-state index in [2.05, 4.69) is 22.5 Å². The van der Waals surface area contributed by atoms with Crippen LogP contribution in [-0.4, -0.2) is 24.0 Å². The fraction of sp³-hybridized carbons (Fsp3) is 0.571. The first kappa shape index (κ1) is 13.0. The van der Waals surface area contributed by atoms with Crippen LogP contribution in [0.4, 0.5) is 5.69 Å². The Labute approximate surface area is 108 Å². The van der Waals surface area contributed by atoms with E-state index in [9.17, 15) is 4.79 Å². The molecule has 0 radical (unpaired) electrons. The summed E-state index contributed by atoms with van der Waals surface area (Å²) in [7, 11) is 0. The number of nitrogens with one attached hydrogen (secondary N) is 2. The van der Waals surface area contributed by atoms with Crippen molar-refractivity contribution >= 4 is 11.6 Å². The Kier molecular flexibility index (Phi) is 3.97. The summed E-state index contributed by atoms with van der Waals surface area (Å²) in [6, 6.07) is 1.91. The molecule has 2 N–H and O–H groups in total. The highest BCUT2D eigenvalue weighted by Gasteiger charge is 2.37. The lowest BCUT2D eigenvalue weighted by Gasteiger charge is -2.35. The second-order valence-electron chi connectivity index (χ2n) is 5.03. The van der Waals surface area contributed by atoms with Crippen LogP contribution in [0.1, 0.15) is 31.7 Å². The van der Waals surface area contributed by atoms with Crippen molar-refractivity contribution < 1.29 is 4.79 Å². The van der Waals surface area contributed by atoms with Crippen molar-refractivity contribution in [3.63, 3.8) is 0 Å². The number of aryl methyl sites for hydroxylation is 1. The van der Waals surface area contributed by atoms with Crippen LogP contribution in [0, 0.1) is 12.3 Å². The van der Waals surface area contributed by atoms with Crippen molar-refractivity contribution in [1.82, 2.24) is 10.3 Å². The van der Waals surface area contributed by atoms with Gasteiger partial charge in [0.2, 0.25) is 5.91 Å². The zero-order chi connectivity index (χ0) is 13.0. The molecule has 0 aromatic carbocycles. The van der Waals surface area contributed by atoms with E-state index in [0.717, 1.165) is 43.6 Å². The molecule has 0 unspecified atom stereocenters. The van der Waals surface area contributed by atoms with Gasteiger partial charge in [-0.15, -0.1) is 0 Å². The molecule has 2 rings (SSSR count). The number of amides is 1. The van der Waals surface area contributed by atoms with E-state index >= 15 is 0 Å². The maximum absolute atomic E-state index is 12.5. The molecule has 1 aliphatic rings. The molecule has 4 heteroatoms. The highest BCUT2D eigenvalue weighted by molar-refractivity contribution is 5.95. The van der Waals surface area contributed by atoms with E-state index in [4.69, 9.17) is 0 Å². The van der Waals surface area contributed by atoms with E-state index in [-0.39, 0.29) is 11.3 Å². The molecule has 1 aromatic rings. The van der Waals surface area contributed by atoms with Crippen LogP contribution >= 0.6 is 0 Å². The molecule has 0 atom stereocenters. The van der Waals surface area contributed by atoms with Crippen LogP contribution in [0.3, 0.4) is 0 Å². The predicted molar refractivity (Wildman–Crippen MR) is 72.4 cm³/mol. The van der Waals surface area contributed by atoms with E-state index < -0.39 is 0 Å². The Morgan fingerprint density at radius 1 is 1.50 bits per heavy atom. The summed E-state index contributed by atoms with van der Waals surface area (Å²) >= 11 is 0. The maximum Gasteiger partial charge on any atom is 0.230 e. The number of pyridine rings is 1. The summed E-state index contributed by atoms with van der Waals surface area (Å²) < 4.78 is 0. The van der Waals surface area contributed by atoms with Crippen LogP contribution in [0.25, 0.3) is 0 Å². The lowest BCUT2D eigenvalue weighted by Crippen LogP contribution is -2.44. The summed E-state index contributed by atoms with van der Waals surface area (Å²) in [6.07, 6.45) is 6.17. The summed E-state index contributed by atoms with van der Waals surface area (Å²) in [4.78, 5) is 16.6. The standard InChI is InChI=1S/C14H21N3O/c1-3-14(5-8-15-9-6-14)13(18)17-12-10-16-7-4-11(12)2/h4,7,10,15H,3,5-6,8-9H2,1-2H3,(H,17,18). The first-order chi connectivity index (χ1) is 8.68. The van der Waals surface area contributed by atoms with Gasteiger partial charge in [-0.05, 0) is 50.9 Å². The second-order valence-corrected chi connectivity index (χ2v) is 5.03. The number of anilines is 1. The van der Waals surface area contributed by atoms with Crippen LogP contribution in [0.5, 0.6) is 0 Å². The molecule has 98 valence electrons. The zero-order valence-corrected chi connectivity index (χ0v) is 11.1. The third-order valence-corrected chi connectivity index (χ3v) is 4.01. The number of aromatic nitrogens is 1. The van der Waals surface area contributed by atoms with Gasteiger partial charge in [0.05, 0.1) is 17.3 Å². The quantitative estimate of drug-likeness (QED) is 0.860. The second kappa shape index (κ2) is 5.48. The minimum absolute atomic E-state index is 0.141. The van der Waals surface area contributed by atoms with Crippen molar-refractivity contribution in [3.05, 3.63) is 24.0 Å². The van der Waals surface area contributed by atoms with Gasteiger partial charge in [-0.3, -0.25) is 9.78 Å². The fourth-order valence-corrected chi connectivity index (χ4v) is 2.50. The van der Waals surface area contributed by atoms with Crippen molar-refractivity contribution in [3.8, 4) is 0 Å². The van der Waals surface area contributed by atoms with Crippen LogP contribution in [0.15, 0.2) is 18.5 Å². The SMILES string of the molecule is CCC1(C(=O)Nc2cnccc2C)CCNCC1. The smallest absolute Gasteiger partial charge is 0.230 e.